The molecule has 0 bridgehead atoms. The number of piperidine rings is 1. The van der Waals surface area contributed by atoms with Gasteiger partial charge in [0.1, 0.15) is 22.9 Å². The smallest absolute Gasteiger partial charge is 0.261 e. The number of hydrogen-bond acceptors (Lipinski definition) is 6. The van der Waals surface area contributed by atoms with E-state index in [-0.39, 0.29) is 5.91 Å². The molecule has 3 heterocycles. The van der Waals surface area contributed by atoms with E-state index in [2.05, 4.69) is 21.4 Å². The number of likely N-dealkylation sites (tertiary alicyclic amines) is 1. The van der Waals surface area contributed by atoms with Crippen molar-refractivity contribution in [3.63, 3.8) is 0 Å². The number of carbonyl (C=O) groups is 1. The molecule has 0 spiro atoms. The predicted molar refractivity (Wildman–Crippen MR) is 124 cm³/mol. The molecule has 0 saturated carbocycles. The third-order valence-electron chi connectivity index (χ3n) is 5.90. The summed E-state index contributed by atoms with van der Waals surface area (Å²) in [5, 5.41) is 3.31. The van der Waals surface area contributed by atoms with Gasteiger partial charge in [0, 0.05) is 30.9 Å². The highest BCUT2D eigenvalue weighted by molar-refractivity contribution is 5.99. The van der Waals surface area contributed by atoms with E-state index in [1.165, 1.54) is 0 Å². The average molecular weight is 433 g/mol. The molecule has 1 aliphatic rings. The van der Waals surface area contributed by atoms with E-state index in [4.69, 9.17) is 9.47 Å². The SMILES string of the molecule is COc1cccc(OC)c1C(=O)N1CCC(c2ccc(Nc3ncccc3C)cn2)CC1. The number of amides is 1. The number of hydrogen-bond donors (Lipinski definition) is 1. The van der Waals surface area contributed by atoms with Gasteiger partial charge in [-0.1, -0.05) is 12.1 Å². The summed E-state index contributed by atoms with van der Waals surface area (Å²) in [5.41, 5.74) is 3.52. The molecular formula is C25H28N4O3. The first-order valence-corrected chi connectivity index (χ1v) is 10.8. The van der Waals surface area contributed by atoms with Gasteiger partial charge >= 0.3 is 0 Å². The minimum atomic E-state index is -0.0593. The fourth-order valence-electron chi connectivity index (χ4n) is 4.07. The van der Waals surface area contributed by atoms with Crippen LogP contribution in [0.1, 0.15) is 40.4 Å². The predicted octanol–water partition coefficient (Wildman–Crippen LogP) is 4.57. The van der Waals surface area contributed by atoms with Gasteiger partial charge in [0.25, 0.3) is 5.91 Å². The summed E-state index contributed by atoms with van der Waals surface area (Å²) < 4.78 is 10.8. The first kappa shape index (κ1) is 21.6. The summed E-state index contributed by atoms with van der Waals surface area (Å²) in [4.78, 5) is 24.1. The highest BCUT2D eigenvalue weighted by Gasteiger charge is 2.28. The molecule has 1 aromatic carbocycles. The van der Waals surface area contributed by atoms with E-state index >= 15 is 0 Å². The van der Waals surface area contributed by atoms with Crippen LogP contribution < -0.4 is 14.8 Å². The quantitative estimate of drug-likeness (QED) is 0.615. The summed E-state index contributed by atoms with van der Waals surface area (Å²) in [7, 11) is 3.13. The van der Waals surface area contributed by atoms with E-state index in [1.807, 2.05) is 42.3 Å². The third kappa shape index (κ3) is 4.51. The van der Waals surface area contributed by atoms with Gasteiger partial charge in [-0.3, -0.25) is 9.78 Å². The normalized spacial score (nSPS) is 14.2. The van der Waals surface area contributed by atoms with Crippen LogP contribution in [0.25, 0.3) is 0 Å². The molecule has 7 heteroatoms. The summed E-state index contributed by atoms with van der Waals surface area (Å²) in [5.74, 6) is 2.16. The number of anilines is 2. The Morgan fingerprint density at radius 2 is 1.72 bits per heavy atom. The summed E-state index contributed by atoms with van der Waals surface area (Å²) in [6, 6.07) is 13.4. The van der Waals surface area contributed by atoms with Gasteiger partial charge in [-0.05, 0) is 55.7 Å². The second-order valence-electron chi connectivity index (χ2n) is 7.87. The topological polar surface area (TPSA) is 76.6 Å². The monoisotopic (exact) mass is 432 g/mol. The lowest BCUT2D eigenvalue weighted by molar-refractivity contribution is 0.0705. The van der Waals surface area contributed by atoms with Crippen LogP contribution in [0.5, 0.6) is 11.5 Å². The largest absolute Gasteiger partial charge is 0.496 e. The number of pyridine rings is 2. The second-order valence-corrected chi connectivity index (χ2v) is 7.87. The van der Waals surface area contributed by atoms with Crippen molar-refractivity contribution < 1.29 is 14.3 Å². The Hall–Kier alpha value is -3.61. The molecule has 1 amide bonds. The first-order chi connectivity index (χ1) is 15.6. The fraction of sp³-hybridized carbons (Fsp3) is 0.320. The maximum atomic E-state index is 13.2. The van der Waals surface area contributed by atoms with Gasteiger partial charge in [-0.2, -0.15) is 0 Å². The van der Waals surface area contributed by atoms with Crippen LogP contribution >= 0.6 is 0 Å². The van der Waals surface area contributed by atoms with Crippen molar-refractivity contribution in [2.24, 2.45) is 0 Å². The second kappa shape index (κ2) is 9.68. The van der Waals surface area contributed by atoms with Crippen molar-refractivity contribution >= 4 is 17.4 Å². The number of aromatic nitrogens is 2. The van der Waals surface area contributed by atoms with Crippen molar-refractivity contribution in [3.05, 3.63) is 71.7 Å². The number of benzene rings is 1. The molecule has 7 nitrogen and oxygen atoms in total. The molecule has 1 N–H and O–H groups in total. The number of carbonyl (C=O) groups excluding carboxylic acids is 1. The van der Waals surface area contributed by atoms with E-state index in [9.17, 15) is 4.79 Å². The summed E-state index contributed by atoms with van der Waals surface area (Å²) >= 11 is 0. The first-order valence-electron chi connectivity index (χ1n) is 10.8. The zero-order valence-electron chi connectivity index (χ0n) is 18.7. The molecule has 0 aliphatic carbocycles. The molecule has 32 heavy (non-hydrogen) atoms. The van der Waals surface area contributed by atoms with Crippen LogP contribution in [-0.4, -0.2) is 48.1 Å². The minimum Gasteiger partial charge on any atom is -0.496 e. The van der Waals surface area contributed by atoms with Crippen molar-refractivity contribution in [3.8, 4) is 11.5 Å². The van der Waals surface area contributed by atoms with E-state index < -0.39 is 0 Å². The van der Waals surface area contributed by atoms with E-state index in [1.54, 1.807) is 32.5 Å². The van der Waals surface area contributed by atoms with Crippen molar-refractivity contribution in [2.45, 2.75) is 25.7 Å². The van der Waals surface area contributed by atoms with Crippen molar-refractivity contribution in [1.29, 1.82) is 0 Å². The molecule has 4 rings (SSSR count). The van der Waals surface area contributed by atoms with Gasteiger partial charge in [-0.15, -0.1) is 0 Å². The number of methoxy groups -OCH3 is 2. The molecule has 1 fully saturated rings. The minimum absolute atomic E-state index is 0.0593. The highest BCUT2D eigenvalue weighted by atomic mass is 16.5. The highest BCUT2D eigenvalue weighted by Crippen LogP contribution is 2.33. The molecule has 0 unspecified atom stereocenters. The number of nitrogens with one attached hydrogen (secondary N) is 1. The maximum absolute atomic E-state index is 13.2. The van der Waals surface area contributed by atoms with Gasteiger partial charge in [0.05, 0.1) is 26.1 Å². The molecule has 2 aromatic heterocycles. The number of rotatable bonds is 6. The Balaban J connectivity index is 1.40. The lowest BCUT2D eigenvalue weighted by Crippen LogP contribution is -2.38. The fourth-order valence-corrected chi connectivity index (χ4v) is 4.07. The molecule has 3 aromatic rings. The van der Waals surface area contributed by atoms with Crippen molar-refractivity contribution in [2.75, 3.05) is 32.6 Å². The molecule has 0 radical (unpaired) electrons. The molecule has 1 saturated heterocycles. The molecule has 1 aliphatic heterocycles. The van der Waals surface area contributed by atoms with Crippen LogP contribution in [0, 0.1) is 6.92 Å². The third-order valence-corrected chi connectivity index (χ3v) is 5.90. The zero-order chi connectivity index (χ0) is 22.5. The molecular weight excluding hydrogens is 404 g/mol. The van der Waals surface area contributed by atoms with Crippen LogP contribution in [0.4, 0.5) is 11.5 Å². The summed E-state index contributed by atoms with van der Waals surface area (Å²) in [6.45, 7) is 3.35. The number of aryl methyl sites for hydroxylation is 1. The average Bonchev–Trinajstić information content (AvgIpc) is 2.85. The van der Waals surface area contributed by atoms with E-state index in [0.717, 1.165) is 35.6 Å². The zero-order valence-corrected chi connectivity index (χ0v) is 18.7. The number of nitrogens with zero attached hydrogens (tertiary/aromatic N) is 3. The molecule has 0 atom stereocenters. The molecule has 166 valence electrons. The summed E-state index contributed by atoms with van der Waals surface area (Å²) in [6.07, 6.45) is 5.35. The van der Waals surface area contributed by atoms with Crippen LogP contribution in [0.15, 0.2) is 54.9 Å². The Morgan fingerprint density at radius 3 is 2.31 bits per heavy atom. The van der Waals surface area contributed by atoms with Gasteiger partial charge < -0.3 is 19.7 Å². The van der Waals surface area contributed by atoms with Crippen molar-refractivity contribution in [1.82, 2.24) is 14.9 Å². The standard InChI is InChI=1S/C25H28N4O3/c1-17-6-5-13-26-24(17)28-19-9-10-20(27-16-19)18-11-14-29(15-12-18)25(30)23-21(31-2)7-4-8-22(23)32-3/h4-10,13,16,18H,11-12,14-15H2,1-3H3,(H,26,28). The van der Waals surface area contributed by atoms with Crippen LogP contribution in [0.3, 0.4) is 0 Å². The Labute approximate surface area is 188 Å². The van der Waals surface area contributed by atoms with Crippen LogP contribution in [0.2, 0.25) is 0 Å². The maximum Gasteiger partial charge on any atom is 0.261 e. The van der Waals surface area contributed by atoms with E-state index in [0.29, 0.717) is 36.1 Å². The van der Waals surface area contributed by atoms with Gasteiger partial charge in [-0.25, -0.2) is 4.98 Å². The van der Waals surface area contributed by atoms with Gasteiger partial charge in [0.15, 0.2) is 0 Å². The lowest BCUT2D eigenvalue weighted by Gasteiger charge is -2.32. The number of ether oxygens (including phenoxy) is 2. The van der Waals surface area contributed by atoms with Gasteiger partial charge in [0.2, 0.25) is 0 Å². The van der Waals surface area contributed by atoms with Crippen LogP contribution in [-0.2, 0) is 0 Å². The Kier molecular flexibility index (Phi) is 6.54. The Morgan fingerprint density at radius 1 is 1.00 bits per heavy atom. The Bertz CT molecular complexity index is 1050. The lowest BCUT2D eigenvalue weighted by atomic mass is 9.92.